The van der Waals surface area contributed by atoms with Crippen molar-refractivity contribution in [3.05, 3.63) is 24.0 Å². The van der Waals surface area contributed by atoms with Gasteiger partial charge >= 0.3 is 0 Å². The first-order valence-corrected chi connectivity index (χ1v) is 7.44. The van der Waals surface area contributed by atoms with E-state index in [-0.39, 0.29) is 0 Å². The lowest BCUT2D eigenvalue weighted by Gasteiger charge is -2.37. The van der Waals surface area contributed by atoms with Gasteiger partial charge in [-0.2, -0.15) is 0 Å². The first-order valence-electron chi connectivity index (χ1n) is 7.44. The molecule has 2 aliphatic carbocycles. The van der Waals surface area contributed by atoms with Gasteiger partial charge in [0.05, 0.1) is 5.69 Å². The van der Waals surface area contributed by atoms with E-state index in [4.69, 9.17) is 0 Å². The molecule has 0 bridgehead atoms. The van der Waals surface area contributed by atoms with Crippen LogP contribution in [0.4, 0.5) is 5.69 Å². The minimum atomic E-state index is 0.667. The van der Waals surface area contributed by atoms with Crippen LogP contribution >= 0.6 is 0 Å². The number of aryl methyl sites for hydroxylation is 1. The van der Waals surface area contributed by atoms with Gasteiger partial charge in [0.15, 0.2) is 0 Å². The molecule has 1 aromatic rings. The minimum Gasteiger partial charge on any atom is -0.381 e. The molecule has 0 atom stereocenters. The van der Waals surface area contributed by atoms with Gasteiger partial charge in [0.1, 0.15) is 0 Å². The molecule has 2 aliphatic rings. The molecule has 1 heterocycles. The standard InChI is InChI=1S/C16H24N2/c1-13-10-15(12-17-11-13)18-14-4-8-16(9-5-14)6-2-3-7-16/h10-12,14,18H,2-9H2,1H3. The van der Waals surface area contributed by atoms with Gasteiger partial charge in [0.25, 0.3) is 0 Å². The molecule has 0 radical (unpaired) electrons. The number of hydrogen-bond donors (Lipinski definition) is 1. The van der Waals surface area contributed by atoms with E-state index in [1.165, 1.54) is 62.6 Å². The van der Waals surface area contributed by atoms with Gasteiger partial charge in [-0.1, -0.05) is 12.8 Å². The van der Waals surface area contributed by atoms with Crippen molar-refractivity contribution in [3.8, 4) is 0 Å². The average molecular weight is 244 g/mol. The maximum Gasteiger partial charge on any atom is 0.0531 e. The van der Waals surface area contributed by atoms with Gasteiger partial charge < -0.3 is 5.32 Å². The van der Waals surface area contributed by atoms with E-state index in [0.29, 0.717) is 6.04 Å². The van der Waals surface area contributed by atoms with E-state index in [9.17, 15) is 0 Å². The molecule has 0 aromatic carbocycles. The van der Waals surface area contributed by atoms with Gasteiger partial charge in [-0.05, 0) is 62.5 Å². The van der Waals surface area contributed by atoms with Crippen LogP contribution in [0.5, 0.6) is 0 Å². The predicted molar refractivity (Wildman–Crippen MR) is 75.8 cm³/mol. The minimum absolute atomic E-state index is 0.667. The smallest absolute Gasteiger partial charge is 0.0531 e. The normalized spacial score (nSPS) is 23.4. The highest BCUT2D eigenvalue weighted by atomic mass is 14.9. The molecule has 0 amide bonds. The van der Waals surface area contributed by atoms with Crippen LogP contribution in [0.1, 0.15) is 56.9 Å². The number of nitrogens with one attached hydrogen (secondary N) is 1. The van der Waals surface area contributed by atoms with Gasteiger partial charge in [-0.25, -0.2) is 0 Å². The summed E-state index contributed by atoms with van der Waals surface area (Å²) in [4.78, 5) is 4.26. The zero-order chi connectivity index (χ0) is 12.4. The van der Waals surface area contributed by atoms with Crippen LogP contribution in [0.15, 0.2) is 18.5 Å². The SMILES string of the molecule is Cc1cncc(NC2CCC3(CCCC3)CC2)c1. The third-order valence-electron chi connectivity index (χ3n) is 4.96. The van der Waals surface area contributed by atoms with Crippen molar-refractivity contribution in [1.82, 2.24) is 4.98 Å². The zero-order valence-corrected chi connectivity index (χ0v) is 11.4. The number of anilines is 1. The Labute approximate surface area is 110 Å². The molecule has 2 heteroatoms. The van der Waals surface area contributed by atoms with Crippen molar-refractivity contribution in [3.63, 3.8) is 0 Å². The predicted octanol–water partition coefficient (Wildman–Crippen LogP) is 4.30. The Morgan fingerprint density at radius 3 is 2.50 bits per heavy atom. The molecule has 1 spiro atoms. The van der Waals surface area contributed by atoms with Crippen LogP contribution < -0.4 is 5.32 Å². The molecular weight excluding hydrogens is 220 g/mol. The number of pyridine rings is 1. The van der Waals surface area contributed by atoms with Crippen LogP contribution in [0, 0.1) is 12.3 Å². The summed E-state index contributed by atoms with van der Waals surface area (Å²) in [5, 5.41) is 3.67. The molecule has 0 aliphatic heterocycles. The summed E-state index contributed by atoms with van der Waals surface area (Å²) in [6.45, 7) is 2.10. The van der Waals surface area contributed by atoms with E-state index < -0.39 is 0 Å². The lowest BCUT2D eigenvalue weighted by Crippen LogP contribution is -2.31. The summed E-state index contributed by atoms with van der Waals surface area (Å²) in [5.41, 5.74) is 3.17. The quantitative estimate of drug-likeness (QED) is 0.838. The Hall–Kier alpha value is -1.05. The largest absolute Gasteiger partial charge is 0.381 e. The summed E-state index contributed by atoms with van der Waals surface area (Å²) in [6, 6.07) is 2.87. The highest BCUT2D eigenvalue weighted by Crippen LogP contribution is 2.49. The Morgan fingerprint density at radius 1 is 1.11 bits per heavy atom. The Balaban J connectivity index is 1.57. The lowest BCUT2D eigenvalue weighted by molar-refractivity contribution is 0.188. The van der Waals surface area contributed by atoms with Crippen LogP contribution in [0.2, 0.25) is 0 Å². The fourth-order valence-electron chi connectivity index (χ4n) is 3.87. The van der Waals surface area contributed by atoms with Gasteiger partial charge in [0, 0.05) is 18.4 Å². The molecule has 18 heavy (non-hydrogen) atoms. The highest BCUT2D eigenvalue weighted by molar-refractivity contribution is 5.43. The monoisotopic (exact) mass is 244 g/mol. The van der Waals surface area contributed by atoms with Crippen LogP contribution in [0.3, 0.4) is 0 Å². The second-order valence-electron chi connectivity index (χ2n) is 6.38. The van der Waals surface area contributed by atoms with Crippen LogP contribution in [-0.2, 0) is 0 Å². The van der Waals surface area contributed by atoms with Crippen molar-refractivity contribution in [2.24, 2.45) is 5.41 Å². The van der Waals surface area contributed by atoms with E-state index in [1.807, 2.05) is 12.4 Å². The van der Waals surface area contributed by atoms with Crippen LogP contribution in [-0.4, -0.2) is 11.0 Å². The van der Waals surface area contributed by atoms with Gasteiger partial charge in [-0.15, -0.1) is 0 Å². The molecule has 0 saturated heterocycles. The van der Waals surface area contributed by atoms with Gasteiger partial charge in [0.2, 0.25) is 0 Å². The second-order valence-corrected chi connectivity index (χ2v) is 6.38. The van der Waals surface area contributed by atoms with Crippen molar-refractivity contribution >= 4 is 5.69 Å². The Kier molecular flexibility index (Phi) is 3.27. The lowest BCUT2D eigenvalue weighted by atomic mass is 9.71. The van der Waals surface area contributed by atoms with E-state index in [0.717, 1.165) is 5.41 Å². The van der Waals surface area contributed by atoms with Crippen molar-refractivity contribution in [1.29, 1.82) is 0 Å². The summed E-state index contributed by atoms with van der Waals surface area (Å²) in [7, 11) is 0. The first-order chi connectivity index (χ1) is 8.76. The number of aromatic nitrogens is 1. The third kappa shape index (κ3) is 2.52. The molecule has 1 aromatic heterocycles. The zero-order valence-electron chi connectivity index (χ0n) is 11.4. The van der Waals surface area contributed by atoms with Crippen molar-refractivity contribution < 1.29 is 0 Å². The van der Waals surface area contributed by atoms with E-state index >= 15 is 0 Å². The second kappa shape index (κ2) is 4.91. The van der Waals surface area contributed by atoms with Crippen molar-refractivity contribution in [2.45, 2.75) is 64.3 Å². The Morgan fingerprint density at radius 2 is 1.83 bits per heavy atom. The molecule has 2 fully saturated rings. The van der Waals surface area contributed by atoms with Crippen molar-refractivity contribution in [2.75, 3.05) is 5.32 Å². The topological polar surface area (TPSA) is 24.9 Å². The number of rotatable bonds is 2. The highest BCUT2D eigenvalue weighted by Gasteiger charge is 2.37. The maximum atomic E-state index is 4.26. The van der Waals surface area contributed by atoms with E-state index in [1.54, 1.807) is 0 Å². The van der Waals surface area contributed by atoms with E-state index in [2.05, 4.69) is 23.3 Å². The fraction of sp³-hybridized carbons (Fsp3) is 0.688. The van der Waals surface area contributed by atoms with Gasteiger partial charge in [-0.3, -0.25) is 4.98 Å². The molecule has 2 saturated carbocycles. The summed E-state index contributed by atoms with van der Waals surface area (Å²) < 4.78 is 0. The molecule has 0 unspecified atom stereocenters. The molecule has 1 N–H and O–H groups in total. The third-order valence-corrected chi connectivity index (χ3v) is 4.96. The summed E-state index contributed by atoms with van der Waals surface area (Å²) >= 11 is 0. The first kappa shape index (κ1) is 12.0. The number of hydrogen-bond acceptors (Lipinski definition) is 2. The maximum absolute atomic E-state index is 4.26. The summed E-state index contributed by atoms with van der Waals surface area (Å²) in [5.74, 6) is 0. The average Bonchev–Trinajstić information content (AvgIpc) is 2.81. The molecular formula is C16H24N2. The number of nitrogens with zero attached hydrogens (tertiary/aromatic N) is 1. The molecule has 98 valence electrons. The van der Waals surface area contributed by atoms with Crippen LogP contribution in [0.25, 0.3) is 0 Å². The Bertz CT molecular complexity index is 397. The molecule has 3 rings (SSSR count). The fourth-order valence-corrected chi connectivity index (χ4v) is 3.87. The molecule has 2 nitrogen and oxygen atoms in total. The summed E-state index contributed by atoms with van der Waals surface area (Å²) in [6.07, 6.45) is 15.3.